The topological polar surface area (TPSA) is 76.1 Å². The van der Waals surface area contributed by atoms with Gasteiger partial charge in [0.15, 0.2) is 0 Å². The molecular formula is C12H17NO5. The number of nitrogens with zero attached hydrogens (tertiary/aromatic N) is 1. The third-order valence-corrected chi connectivity index (χ3v) is 3.27. The Morgan fingerprint density at radius 2 is 2.22 bits per heavy atom. The molecule has 1 fully saturated rings. The Morgan fingerprint density at radius 1 is 1.44 bits per heavy atom. The van der Waals surface area contributed by atoms with Crippen LogP contribution in [0.1, 0.15) is 19.8 Å². The summed E-state index contributed by atoms with van der Waals surface area (Å²) in [7, 11) is 0. The van der Waals surface area contributed by atoms with Gasteiger partial charge in [-0.3, -0.25) is 4.79 Å². The molecule has 2 aliphatic rings. The van der Waals surface area contributed by atoms with Gasteiger partial charge in [-0.25, -0.2) is 4.79 Å². The summed E-state index contributed by atoms with van der Waals surface area (Å²) in [6, 6.07) is -0.771. The highest BCUT2D eigenvalue weighted by molar-refractivity contribution is 5.94. The summed E-state index contributed by atoms with van der Waals surface area (Å²) in [6.45, 7) is 3.17. The molecule has 1 N–H and O–H groups in total. The SMILES string of the molecule is CC1CCN(C(=O)C2=COCCO2)C(C(=O)O)C1. The number of carboxylic acid groups (broad SMARTS) is 1. The second-order valence-electron chi connectivity index (χ2n) is 4.68. The van der Waals surface area contributed by atoms with E-state index in [1.165, 1.54) is 11.2 Å². The molecule has 0 aromatic heterocycles. The minimum absolute atomic E-state index is 0.0991. The maximum atomic E-state index is 12.2. The van der Waals surface area contributed by atoms with Crippen LogP contribution in [0.5, 0.6) is 0 Å². The first-order chi connectivity index (χ1) is 8.59. The number of ether oxygens (including phenoxy) is 2. The maximum absolute atomic E-state index is 12.2. The average Bonchev–Trinajstić information content (AvgIpc) is 2.39. The standard InChI is InChI=1S/C12H17NO5/c1-8-2-3-13(9(6-8)12(15)16)11(14)10-7-17-4-5-18-10/h7-9H,2-6H2,1H3,(H,15,16). The van der Waals surface area contributed by atoms with Crippen molar-refractivity contribution in [1.29, 1.82) is 0 Å². The van der Waals surface area contributed by atoms with Crippen molar-refractivity contribution < 1.29 is 24.2 Å². The average molecular weight is 255 g/mol. The molecule has 18 heavy (non-hydrogen) atoms. The number of hydrogen-bond donors (Lipinski definition) is 1. The summed E-state index contributed by atoms with van der Waals surface area (Å²) in [5, 5.41) is 9.19. The van der Waals surface area contributed by atoms with E-state index in [-0.39, 0.29) is 5.76 Å². The van der Waals surface area contributed by atoms with Crippen LogP contribution < -0.4 is 0 Å². The van der Waals surface area contributed by atoms with Crippen LogP contribution in [0.25, 0.3) is 0 Å². The Bertz CT molecular complexity index is 379. The van der Waals surface area contributed by atoms with Crippen molar-refractivity contribution in [1.82, 2.24) is 4.90 Å². The molecule has 0 saturated carbocycles. The van der Waals surface area contributed by atoms with E-state index in [1.54, 1.807) is 0 Å². The first kappa shape index (κ1) is 12.7. The van der Waals surface area contributed by atoms with Crippen LogP contribution >= 0.6 is 0 Å². The third kappa shape index (κ3) is 2.57. The molecule has 100 valence electrons. The molecule has 2 rings (SSSR count). The molecule has 2 aliphatic heterocycles. The van der Waals surface area contributed by atoms with Crippen molar-refractivity contribution >= 4 is 11.9 Å². The Morgan fingerprint density at radius 3 is 2.83 bits per heavy atom. The number of carboxylic acids is 1. The van der Waals surface area contributed by atoms with Gasteiger partial charge in [0, 0.05) is 6.54 Å². The van der Waals surface area contributed by atoms with Crippen molar-refractivity contribution in [2.75, 3.05) is 19.8 Å². The molecule has 0 aromatic rings. The molecule has 0 spiro atoms. The first-order valence-corrected chi connectivity index (χ1v) is 6.08. The lowest BCUT2D eigenvalue weighted by molar-refractivity contribution is -0.153. The van der Waals surface area contributed by atoms with Gasteiger partial charge in [-0.15, -0.1) is 0 Å². The van der Waals surface area contributed by atoms with Gasteiger partial charge in [-0.2, -0.15) is 0 Å². The van der Waals surface area contributed by atoms with Crippen LogP contribution in [0.3, 0.4) is 0 Å². The van der Waals surface area contributed by atoms with Gasteiger partial charge >= 0.3 is 5.97 Å². The van der Waals surface area contributed by atoms with Crippen molar-refractivity contribution in [3.8, 4) is 0 Å². The largest absolute Gasteiger partial charge is 0.494 e. The third-order valence-electron chi connectivity index (χ3n) is 3.27. The van der Waals surface area contributed by atoms with Crippen LogP contribution in [-0.4, -0.2) is 47.7 Å². The molecular weight excluding hydrogens is 238 g/mol. The van der Waals surface area contributed by atoms with Crippen LogP contribution in [0.15, 0.2) is 12.0 Å². The molecule has 0 aliphatic carbocycles. The van der Waals surface area contributed by atoms with Crippen LogP contribution in [0, 0.1) is 5.92 Å². The van der Waals surface area contributed by atoms with E-state index < -0.39 is 17.9 Å². The number of hydrogen-bond acceptors (Lipinski definition) is 4. The van der Waals surface area contributed by atoms with E-state index >= 15 is 0 Å². The molecule has 6 heteroatoms. The van der Waals surface area contributed by atoms with Gasteiger partial charge in [-0.05, 0) is 18.8 Å². The quantitative estimate of drug-likeness (QED) is 0.781. The van der Waals surface area contributed by atoms with Gasteiger partial charge in [0.05, 0.1) is 0 Å². The number of piperidine rings is 1. The monoisotopic (exact) mass is 255 g/mol. The van der Waals surface area contributed by atoms with E-state index in [9.17, 15) is 14.7 Å². The van der Waals surface area contributed by atoms with Crippen molar-refractivity contribution in [2.24, 2.45) is 5.92 Å². The number of carbonyl (C=O) groups excluding carboxylic acids is 1. The molecule has 2 heterocycles. The highest BCUT2D eigenvalue weighted by atomic mass is 16.6. The molecule has 0 radical (unpaired) electrons. The predicted molar refractivity (Wildman–Crippen MR) is 61.5 cm³/mol. The Balaban J connectivity index is 2.12. The van der Waals surface area contributed by atoms with Gasteiger partial charge in [0.1, 0.15) is 25.5 Å². The highest BCUT2D eigenvalue weighted by Crippen LogP contribution is 2.24. The minimum Gasteiger partial charge on any atom is -0.494 e. The van der Waals surface area contributed by atoms with Gasteiger partial charge < -0.3 is 19.5 Å². The summed E-state index contributed by atoms with van der Waals surface area (Å²) in [6.07, 6.45) is 2.56. The summed E-state index contributed by atoms with van der Waals surface area (Å²) >= 11 is 0. The number of likely N-dealkylation sites (tertiary alicyclic amines) is 1. The maximum Gasteiger partial charge on any atom is 0.326 e. The lowest BCUT2D eigenvalue weighted by Crippen LogP contribution is -2.50. The van der Waals surface area contributed by atoms with E-state index in [2.05, 4.69) is 0 Å². The van der Waals surface area contributed by atoms with E-state index in [0.717, 1.165) is 6.42 Å². The fourth-order valence-electron chi connectivity index (χ4n) is 2.24. The normalized spacial score (nSPS) is 27.8. The van der Waals surface area contributed by atoms with Crippen LogP contribution in [0.4, 0.5) is 0 Å². The predicted octanol–water partition coefficient (Wildman–Crippen LogP) is 0.586. The molecule has 1 saturated heterocycles. The van der Waals surface area contributed by atoms with Crippen LogP contribution in [0.2, 0.25) is 0 Å². The smallest absolute Gasteiger partial charge is 0.326 e. The van der Waals surface area contributed by atoms with Crippen LogP contribution in [-0.2, 0) is 19.1 Å². The van der Waals surface area contributed by atoms with Gasteiger partial charge in [0.2, 0.25) is 5.76 Å². The van der Waals surface area contributed by atoms with E-state index in [1.807, 2.05) is 6.92 Å². The Kier molecular flexibility index (Phi) is 3.74. The Labute approximate surface area is 105 Å². The minimum atomic E-state index is -0.966. The number of carbonyl (C=O) groups is 2. The number of rotatable bonds is 2. The van der Waals surface area contributed by atoms with Crippen molar-refractivity contribution in [3.05, 3.63) is 12.0 Å². The molecule has 2 atom stereocenters. The van der Waals surface area contributed by atoms with Gasteiger partial charge in [-0.1, -0.05) is 6.92 Å². The summed E-state index contributed by atoms with van der Waals surface area (Å²) in [4.78, 5) is 24.7. The molecule has 0 bridgehead atoms. The summed E-state index contributed by atoms with van der Waals surface area (Å²) in [5.41, 5.74) is 0. The second kappa shape index (κ2) is 5.29. The molecule has 6 nitrogen and oxygen atoms in total. The second-order valence-corrected chi connectivity index (χ2v) is 4.68. The van der Waals surface area contributed by atoms with E-state index in [0.29, 0.717) is 32.1 Å². The number of aliphatic carboxylic acids is 1. The fourth-order valence-corrected chi connectivity index (χ4v) is 2.24. The summed E-state index contributed by atoms with van der Waals surface area (Å²) < 4.78 is 10.2. The number of amides is 1. The molecule has 0 aromatic carbocycles. The zero-order chi connectivity index (χ0) is 13.1. The van der Waals surface area contributed by atoms with Crippen molar-refractivity contribution in [3.63, 3.8) is 0 Å². The van der Waals surface area contributed by atoms with E-state index in [4.69, 9.17) is 9.47 Å². The summed E-state index contributed by atoms with van der Waals surface area (Å²) in [5.74, 6) is -0.948. The zero-order valence-corrected chi connectivity index (χ0v) is 10.3. The lowest BCUT2D eigenvalue weighted by atomic mass is 9.92. The molecule has 1 amide bonds. The van der Waals surface area contributed by atoms with Crippen molar-refractivity contribution in [2.45, 2.75) is 25.8 Å². The fraction of sp³-hybridized carbons (Fsp3) is 0.667. The highest BCUT2D eigenvalue weighted by Gasteiger charge is 2.36. The Hall–Kier alpha value is -1.72. The lowest BCUT2D eigenvalue weighted by Gasteiger charge is -2.36. The first-order valence-electron chi connectivity index (χ1n) is 6.08. The van der Waals surface area contributed by atoms with Gasteiger partial charge in [0.25, 0.3) is 5.91 Å². The zero-order valence-electron chi connectivity index (χ0n) is 10.3. The molecule has 2 unspecified atom stereocenters.